The van der Waals surface area contributed by atoms with Crippen LogP contribution in [0.3, 0.4) is 0 Å². The maximum absolute atomic E-state index is 12.2. The zero-order valence-corrected chi connectivity index (χ0v) is 11.7. The SMILES string of the molecule is Cc1c(N)cccc1S(=O)CC(=O)N1CCOCC1. The molecule has 1 aliphatic heterocycles. The third-order valence-electron chi connectivity index (χ3n) is 3.19. The molecule has 2 N–H and O–H groups in total. The smallest absolute Gasteiger partial charge is 0.235 e. The van der Waals surface area contributed by atoms with Crippen LogP contribution in [-0.2, 0) is 20.3 Å². The average Bonchev–Trinajstić information content (AvgIpc) is 2.42. The average molecular weight is 282 g/mol. The van der Waals surface area contributed by atoms with Gasteiger partial charge in [0, 0.05) is 23.7 Å². The van der Waals surface area contributed by atoms with E-state index in [1.807, 2.05) is 6.92 Å². The lowest BCUT2D eigenvalue weighted by Crippen LogP contribution is -2.42. The highest BCUT2D eigenvalue weighted by Crippen LogP contribution is 2.19. The lowest BCUT2D eigenvalue weighted by Gasteiger charge is -2.26. The molecule has 1 heterocycles. The van der Waals surface area contributed by atoms with Crippen LogP contribution < -0.4 is 5.73 Å². The quantitative estimate of drug-likeness (QED) is 0.822. The summed E-state index contributed by atoms with van der Waals surface area (Å²) in [4.78, 5) is 14.4. The van der Waals surface area contributed by atoms with Gasteiger partial charge in [0.25, 0.3) is 0 Å². The molecule has 1 aromatic carbocycles. The summed E-state index contributed by atoms with van der Waals surface area (Å²) in [6, 6.07) is 5.28. The maximum Gasteiger partial charge on any atom is 0.235 e. The molecule has 0 spiro atoms. The lowest BCUT2D eigenvalue weighted by molar-refractivity contribution is -0.132. The van der Waals surface area contributed by atoms with E-state index >= 15 is 0 Å². The third-order valence-corrected chi connectivity index (χ3v) is 4.63. The number of hydrogen-bond acceptors (Lipinski definition) is 4. The van der Waals surface area contributed by atoms with Gasteiger partial charge >= 0.3 is 0 Å². The number of ether oxygens (including phenoxy) is 1. The van der Waals surface area contributed by atoms with Gasteiger partial charge in [0.05, 0.1) is 24.0 Å². The molecular formula is C13H18N2O3S. The molecule has 1 fully saturated rings. The highest BCUT2D eigenvalue weighted by molar-refractivity contribution is 7.85. The fourth-order valence-corrected chi connectivity index (χ4v) is 3.22. The molecule has 1 atom stereocenters. The summed E-state index contributed by atoms with van der Waals surface area (Å²) in [5, 5.41) is 0. The van der Waals surface area contributed by atoms with Crippen molar-refractivity contribution in [1.82, 2.24) is 4.90 Å². The minimum absolute atomic E-state index is 0.00426. The second-order valence-corrected chi connectivity index (χ2v) is 5.87. The van der Waals surface area contributed by atoms with Crippen molar-refractivity contribution in [1.29, 1.82) is 0 Å². The summed E-state index contributed by atoms with van der Waals surface area (Å²) in [5.41, 5.74) is 7.17. The van der Waals surface area contributed by atoms with E-state index in [-0.39, 0.29) is 11.7 Å². The Bertz CT molecular complexity index is 499. The van der Waals surface area contributed by atoms with Crippen LogP contribution in [0.25, 0.3) is 0 Å². The number of benzene rings is 1. The van der Waals surface area contributed by atoms with Crippen molar-refractivity contribution in [3.8, 4) is 0 Å². The maximum atomic E-state index is 12.2. The van der Waals surface area contributed by atoms with E-state index in [9.17, 15) is 9.00 Å². The molecule has 1 aliphatic rings. The van der Waals surface area contributed by atoms with E-state index < -0.39 is 10.8 Å². The fourth-order valence-electron chi connectivity index (χ4n) is 1.97. The minimum atomic E-state index is -1.35. The van der Waals surface area contributed by atoms with Crippen molar-refractivity contribution in [3.05, 3.63) is 23.8 Å². The second kappa shape index (κ2) is 6.16. The van der Waals surface area contributed by atoms with Gasteiger partial charge in [0.1, 0.15) is 5.75 Å². The van der Waals surface area contributed by atoms with Crippen LogP contribution >= 0.6 is 0 Å². The van der Waals surface area contributed by atoms with Gasteiger partial charge in [-0.3, -0.25) is 9.00 Å². The first-order chi connectivity index (χ1) is 9.09. The summed E-state index contributed by atoms with van der Waals surface area (Å²) in [6.07, 6.45) is 0. The molecule has 0 bridgehead atoms. The Morgan fingerprint density at radius 2 is 2.11 bits per heavy atom. The summed E-state index contributed by atoms with van der Waals surface area (Å²) in [7, 11) is -1.35. The van der Waals surface area contributed by atoms with Crippen molar-refractivity contribution in [2.24, 2.45) is 0 Å². The monoisotopic (exact) mass is 282 g/mol. The highest BCUT2D eigenvalue weighted by Gasteiger charge is 2.20. The van der Waals surface area contributed by atoms with Gasteiger partial charge in [-0.1, -0.05) is 6.07 Å². The first-order valence-electron chi connectivity index (χ1n) is 6.18. The van der Waals surface area contributed by atoms with E-state index in [1.165, 1.54) is 0 Å². The predicted octanol–water partition coefficient (Wildman–Crippen LogP) is 0.544. The topological polar surface area (TPSA) is 72.6 Å². The molecule has 1 amide bonds. The van der Waals surface area contributed by atoms with Crippen LogP contribution in [0.2, 0.25) is 0 Å². The number of nitrogen functional groups attached to an aromatic ring is 1. The van der Waals surface area contributed by atoms with E-state index in [0.717, 1.165) is 5.56 Å². The third kappa shape index (κ3) is 3.33. The number of nitrogens with two attached hydrogens (primary N) is 1. The molecule has 0 aliphatic carbocycles. The van der Waals surface area contributed by atoms with Crippen molar-refractivity contribution >= 4 is 22.4 Å². The lowest BCUT2D eigenvalue weighted by atomic mass is 10.2. The Morgan fingerprint density at radius 3 is 2.79 bits per heavy atom. The van der Waals surface area contributed by atoms with Gasteiger partial charge in [0.2, 0.25) is 5.91 Å². The van der Waals surface area contributed by atoms with E-state index in [1.54, 1.807) is 23.1 Å². The van der Waals surface area contributed by atoms with Gasteiger partial charge in [-0.05, 0) is 24.6 Å². The van der Waals surface area contributed by atoms with E-state index in [4.69, 9.17) is 10.5 Å². The van der Waals surface area contributed by atoms with Crippen LogP contribution in [0.15, 0.2) is 23.1 Å². The Kier molecular flexibility index (Phi) is 4.55. The fraction of sp³-hybridized carbons (Fsp3) is 0.462. The summed E-state index contributed by atoms with van der Waals surface area (Å²) in [5.74, 6) is -0.0898. The molecule has 5 nitrogen and oxygen atoms in total. The van der Waals surface area contributed by atoms with Crippen LogP contribution in [0.1, 0.15) is 5.56 Å². The van der Waals surface area contributed by atoms with E-state index in [2.05, 4.69) is 0 Å². The molecule has 0 aromatic heterocycles. The van der Waals surface area contributed by atoms with E-state index in [0.29, 0.717) is 36.9 Å². The first kappa shape index (κ1) is 14.0. The highest BCUT2D eigenvalue weighted by atomic mass is 32.2. The largest absolute Gasteiger partial charge is 0.398 e. The molecule has 0 radical (unpaired) electrons. The molecule has 0 saturated carbocycles. The summed E-state index contributed by atoms with van der Waals surface area (Å²) >= 11 is 0. The Labute approximate surface area is 115 Å². The van der Waals surface area contributed by atoms with Gasteiger partial charge < -0.3 is 15.4 Å². The zero-order chi connectivity index (χ0) is 13.8. The summed E-state index contributed by atoms with van der Waals surface area (Å²) in [6.45, 7) is 4.07. The van der Waals surface area contributed by atoms with Crippen molar-refractivity contribution in [3.63, 3.8) is 0 Å². The number of rotatable bonds is 3. The first-order valence-corrected chi connectivity index (χ1v) is 7.50. The number of morpholine rings is 1. The second-order valence-electron chi connectivity index (χ2n) is 4.45. The number of anilines is 1. The van der Waals surface area contributed by atoms with Gasteiger partial charge in [-0.15, -0.1) is 0 Å². The van der Waals surface area contributed by atoms with Crippen molar-refractivity contribution < 1.29 is 13.7 Å². The number of nitrogens with zero attached hydrogens (tertiary/aromatic N) is 1. The predicted molar refractivity (Wildman–Crippen MR) is 74.3 cm³/mol. The normalized spacial score (nSPS) is 17.2. The molecule has 1 aromatic rings. The summed E-state index contributed by atoms with van der Waals surface area (Å²) < 4.78 is 17.4. The molecular weight excluding hydrogens is 264 g/mol. The molecule has 104 valence electrons. The number of carbonyl (C=O) groups is 1. The van der Waals surface area contributed by atoms with Crippen LogP contribution in [-0.4, -0.2) is 47.1 Å². The number of hydrogen-bond donors (Lipinski definition) is 1. The molecule has 6 heteroatoms. The zero-order valence-electron chi connectivity index (χ0n) is 10.9. The molecule has 2 rings (SSSR count). The molecule has 1 saturated heterocycles. The minimum Gasteiger partial charge on any atom is -0.398 e. The Balaban J connectivity index is 2.04. The number of carbonyl (C=O) groups excluding carboxylic acids is 1. The van der Waals surface area contributed by atoms with Gasteiger partial charge in [0.15, 0.2) is 0 Å². The molecule has 19 heavy (non-hydrogen) atoms. The van der Waals surface area contributed by atoms with Crippen LogP contribution in [0, 0.1) is 6.92 Å². The molecule has 1 unspecified atom stereocenters. The van der Waals surface area contributed by atoms with Gasteiger partial charge in [-0.2, -0.15) is 0 Å². The van der Waals surface area contributed by atoms with Gasteiger partial charge in [-0.25, -0.2) is 0 Å². The van der Waals surface area contributed by atoms with Crippen molar-refractivity contribution in [2.45, 2.75) is 11.8 Å². The van der Waals surface area contributed by atoms with Crippen molar-refractivity contribution in [2.75, 3.05) is 37.8 Å². The van der Waals surface area contributed by atoms with Crippen LogP contribution in [0.5, 0.6) is 0 Å². The number of amides is 1. The Hall–Kier alpha value is -1.40. The standard InChI is InChI=1S/C13H18N2O3S/c1-10-11(14)3-2-4-12(10)19(17)9-13(16)15-5-7-18-8-6-15/h2-4H,5-9,14H2,1H3. The Morgan fingerprint density at radius 1 is 1.42 bits per heavy atom. The van der Waals surface area contributed by atoms with Crippen LogP contribution in [0.4, 0.5) is 5.69 Å².